The Morgan fingerprint density at radius 2 is 2.18 bits per heavy atom. The molecule has 0 unspecified atom stereocenters. The number of fused-ring (bicyclic) bond motifs is 1. The van der Waals surface area contributed by atoms with Gasteiger partial charge >= 0.3 is 0 Å². The summed E-state index contributed by atoms with van der Waals surface area (Å²) in [4.78, 5) is 32.3. The molecule has 1 N–H and O–H groups in total. The van der Waals surface area contributed by atoms with Gasteiger partial charge in [0.15, 0.2) is 0 Å². The minimum absolute atomic E-state index is 0.127. The summed E-state index contributed by atoms with van der Waals surface area (Å²) in [5, 5.41) is 3.11. The number of carbonyl (C=O) groups is 1. The van der Waals surface area contributed by atoms with E-state index in [0.29, 0.717) is 23.0 Å². The summed E-state index contributed by atoms with van der Waals surface area (Å²) in [6.45, 7) is 0.356. The lowest BCUT2D eigenvalue weighted by Crippen LogP contribution is -2.22. The van der Waals surface area contributed by atoms with Gasteiger partial charge in [0.2, 0.25) is 0 Å². The summed E-state index contributed by atoms with van der Waals surface area (Å²) >= 11 is 0. The van der Waals surface area contributed by atoms with Gasteiger partial charge in [-0.05, 0) is 23.8 Å². The molecule has 0 aliphatic rings. The van der Waals surface area contributed by atoms with Crippen molar-refractivity contribution in [3.8, 4) is 0 Å². The van der Waals surface area contributed by atoms with Crippen LogP contribution >= 0.6 is 0 Å². The largest absolute Gasteiger partial charge is 0.355 e. The number of aromatic nitrogens is 3. The maximum Gasteiger partial charge on any atom is 0.261 e. The first-order chi connectivity index (χ1) is 10.7. The van der Waals surface area contributed by atoms with Crippen molar-refractivity contribution in [2.45, 2.75) is 6.54 Å². The van der Waals surface area contributed by atoms with Crippen LogP contribution in [0.25, 0.3) is 10.9 Å². The van der Waals surface area contributed by atoms with Crippen molar-refractivity contribution in [1.29, 1.82) is 0 Å². The SMILES string of the molecule is CNC(=O)c1cccc(Cn2cnc3cnccc3c2=O)c1. The molecule has 0 bridgehead atoms. The van der Waals surface area contributed by atoms with Crippen LogP contribution in [0.3, 0.4) is 0 Å². The van der Waals surface area contributed by atoms with Crippen LogP contribution in [0.15, 0.2) is 53.8 Å². The van der Waals surface area contributed by atoms with E-state index >= 15 is 0 Å². The van der Waals surface area contributed by atoms with E-state index in [1.54, 1.807) is 43.7 Å². The summed E-state index contributed by atoms with van der Waals surface area (Å²) in [7, 11) is 1.58. The molecule has 6 heteroatoms. The molecule has 2 aromatic heterocycles. The molecule has 1 amide bonds. The second kappa shape index (κ2) is 5.77. The lowest BCUT2D eigenvalue weighted by molar-refractivity contribution is 0.0963. The lowest BCUT2D eigenvalue weighted by atomic mass is 10.1. The summed E-state index contributed by atoms with van der Waals surface area (Å²) in [5.41, 5.74) is 1.87. The molecule has 0 aliphatic heterocycles. The Morgan fingerprint density at radius 3 is 3.00 bits per heavy atom. The van der Waals surface area contributed by atoms with E-state index in [4.69, 9.17) is 0 Å². The van der Waals surface area contributed by atoms with Crippen LogP contribution in [-0.2, 0) is 6.54 Å². The highest BCUT2D eigenvalue weighted by Gasteiger charge is 2.07. The van der Waals surface area contributed by atoms with Gasteiger partial charge in [-0.1, -0.05) is 12.1 Å². The molecule has 3 rings (SSSR count). The average Bonchev–Trinajstić information content (AvgIpc) is 2.57. The van der Waals surface area contributed by atoms with Gasteiger partial charge in [0.1, 0.15) is 0 Å². The number of benzene rings is 1. The maximum absolute atomic E-state index is 12.4. The molecular weight excluding hydrogens is 280 g/mol. The molecule has 0 saturated heterocycles. The number of hydrogen-bond acceptors (Lipinski definition) is 4. The molecule has 3 aromatic rings. The first kappa shape index (κ1) is 13.9. The smallest absolute Gasteiger partial charge is 0.261 e. The molecule has 2 heterocycles. The Hall–Kier alpha value is -3.02. The Kier molecular flexibility index (Phi) is 3.65. The quantitative estimate of drug-likeness (QED) is 0.787. The molecule has 0 saturated carbocycles. The number of nitrogens with one attached hydrogen (secondary N) is 1. The maximum atomic E-state index is 12.4. The second-order valence-electron chi connectivity index (χ2n) is 4.85. The van der Waals surface area contributed by atoms with Crippen LogP contribution in [-0.4, -0.2) is 27.5 Å². The van der Waals surface area contributed by atoms with Gasteiger partial charge < -0.3 is 5.32 Å². The highest BCUT2D eigenvalue weighted by molar-refractivity contribution is 5.94. The highest BCUT2D eigenvalue weighted by Crippen LogP contribution is 2.08. The van der Waals surface area contributed by atoms with Gasteiger partial charge in [-0.3, -0.25) is 19.1 Å². The zero-order valence-corrected chi connectivity index (χ0v) is 12.0. The van der Waals surface area contributed by atoms with Gasteiger partial charge in [-0.15, -0.1) is 0 Å². The zero-order chi connectivity index (χ0) is 15.5. The topological polar surface area (TPSA) is 76.9 Å². The van der Waals surface area contributed by atoms with Crippen molar-refractivity contribution in [3.63, 3.8) is 0 Å². The standard InChI is InChI=1S/C16H14N4O2/c1-17-15(21)12-4-2-3-11(7-12)9-20-10-19-14-8-18-6-5-13(14)16(20)22/h2-8,10H,9H2,1H3,(H,17,21). The molecule has 0 spiro atoms. The minimum Gasteiger partial charge on any atom is -0.355 e. The number of hydrogen-bond donors (Lipinski definition) is 1. The molecular formula is C16H14N4O2. The van der Waals surface area contributed by atoms with Crippen molar-refractivity contribution < 1.29 is 4.79 Å². The number of amides is 1. The van der Waals surface area contributed by atoms with Gasteiger partial charge in [0.25, 0.3) is 11.5 Å². The number of carbonyl (C=O) groups excluding carboxylic acids is 1. The number of nitrogens with zero attached hydrogens (tertiary/aromatic N) is 3. The summed E-state index contributed by atoms with van der Waals surface area (Å²) < 4.78 is 1.52. The van der Waals surface area contributed by atoms with Gasteiger partial charge in [-0.2, -0.15) is 0 Å². The minimum atomic E-state index is -0.156. The van der Waals surface area contributed by atoms with E-state index in [9.17, 15) is 9.59 Å². The summed E-state index contributed by atoms with van der Waals surface area (Å²) in [6, 6.07) is 8.82. The van der Waals surface area contributed by atoms with Crippen molar-refractivity contribution in [1.82, 2.24) is 19.9 Å². The van der Waals surface area contributed by atoms with Gasteiger partial charge in [0.05, 0.1) is 30.0 Å². The predicted molar refractivity (Wildman–Crippen MR) is 82.7 cm³/mol. The number of pyridine rings is 1. The second-order valence-corrected chi connectivity index (χ2v) is 4.85. The van der Waals surface area contributed by atoms with Gasteiger partial charge in [-0.25, -0.2) is 4.98 Å². The Morgan fingerprint density at radius 1 is 1.32 bits per heavy atom. The van der Waals surface area contributed by atoms with Crippen LogP contribution in [0.4, 0.5) is 0 Å². The van der Waals surface area contributed by atoms with Gasteiger partial charge in [0, 0.05) is 18.8 Å². The third-order valence-electron chi connectivity index (χ3n) is 3.40. The Labute approximate surface area is 126 Å². The third kappa shape index (κ3) is 2.58. The fraction of sp³-hybridized carbons (Fsp3) is 0.125. The molecule has 0 atom stereocenters. The van der Waals surface area contributed by atoms with Crippen LogP contribution in [0, 0.1) is 0 Å². The predicted octanol–water partition coefficient (Wildman–Crippen LogP) is 1.20. The average molecular weight is 294 g/mol. The molecule has 0 radical (unpaired) electrons. The Bertz CT molecular complexity index is 902. The molecule has 0 aliphatic carbocycles. The van der Waals surface area contributed by atoms with Crippen LogP contribution in [0.2, 0.25) is 0 Å². The van der Waals surface area contributed by atoms with Crippen molar-refractivity contribution in [2.24, 2.45) is 0 Å². The monoisotopic (exact) mass is 294 g/mol. The first-order valence-electron chi connectivity index (χ1n) is 6.79. The van der Waals surface area contributed by atoms with Crippen molar-refractivity contribution in [2.75, 3.05) is 7.05 Å². The molecule has 110 valence electrons. The lowest BCUT2D eigenvalue weighted by Gasteiger charge is -2.08. The van der Waals surface area contributed by atoms with E-state index in [-0.39, 0.29) is 11.5 Å². The van der Waals surface area contributed by atoms with E-state index in [1.807, 2.05) is 6.07 Å². The zero-order valence-electron chi connectivity index (χ0n) is 12.0. The molecule has 0 fully saturated rings. The Balaban J connectivity index is 1.98. The fourth-order valence-corrected chi connectivity index (χ4v) is 2.27. The normalized spacial score (nSPS) is 10.6. The van der Waals surface area contributed by atoms with E-state index in [2.05, 4.69) is 15.3 Å². The van der Waals surface area contributed by atoms with Crippen LogP contribution in [0.1, 0.15) is 15.9 Å². The van der Waals surface area contributed by atoms with E-state index in [0.717, 1.165) is 5.56 Å². The van der Waals surface area contributed by atoms with E-state index < -0.39 is 0 Å². The summed E-state index contributed by atoms with van der Waals surface area (Å²) in [5.74, 6) is -0.156. The van der Waals surface area contributed by atoms with Crippen molar-refractivity contribution >= 4 is 16.8 Å². The van der Waals surface area contributed by atoms with Crippen LogP contribution in [0.5, 0.6) is 0 Å². The van der Waals surface area contributed by atoms with E-state index in [1.165, 1.54) is 10.9 Å². The molecule has 1 aromatic carbocycles. The van der Waals surface area contributed by atoms with Crippen molar-refractivity contribution in [3.05, 3.63) is 70.5 Å². The van der Waals surface area contributed by atoms with Crippen LogP contribution < -0.4 is 10.9 Å². The summed E-state index contributed by atoms with van der Waals surface area (Å²) in [6.07, 6.45) is 4.63. The first-order valence-corrected chi connectivity index (χ1v) is 6.79. The third-order valence-corrected chi connectivity index (χ3v) is 3.40. The fourth-order valence-electron chi connectivity index (χ4n) is 2.27. The molecule has 22 heavy (non-hydrogen) atoms. The number of rotatable bonds is 3. The highest BCUT2D eigenvalue weighted by atomic mass is 16.1. The molecule has 6 nitrogen and oxygen atoms in total.